The van der Waals surface area contributed by atoms with Crippen LogP contribution >= 0.6 is 27.5 Å². The lowest BCUT2D eigenvalue weighted by Crippen LogP contribution is -2.61. The van der Waals surface area contributed by atoms with Crippen molar-refractivity contribution in [3.05, 3.63) is 27.7 Å². The van der Waals surface area contributed by atoms with Gasteiger partial charge in [-0.2, -0.15) is 0 Å². The van der Waals surface area contributed by atoms with Crippen molar-refractivity contribution in [1.82, 2.24) is 0 Å². The molecule has 4 heteroatoms. The van der Waals surface area contributed by atoms with Gasteiger partial charge in [0.25, 0.3) is 0 Å². The van der Waals surface area contributed by atoms with Gasteiger partial charge >= 0.3 is 0 Å². The Balaban J connectivity index is 2.12. The summed E-state index contributed by atoms with van der Waals surface area (Å²) >= 11 is 9.52. The third-order valence-corrected chi connectivity index (χ3v) is 4.76. The molecule has 3 unspecified atom stereocenters. The molecule has 0 radical (unpaired) electrons. The van der Waals surface area contributed by atoms with E-state index in [2.05, 4.69) is 29.8 Å². The highest BCUT2D eigenvalue weighted by molar-refractivity contribution is 9.10. The minimum atomic E-state index is 0.0659. The van der Waals surface area contributed by atoms with E-state index in [4.69, 9.17) is 22.1 Å². The summed E-state index contributed by atoms with van der Waals surface area (Å²) in [5, 5.41) is 0.637. The molecule has 1 aromatic carbocycles. The molecule has 1 aromatic rings. The molecule has 1 saturated carbocycles. The van der Waals surface area contributed by atoms with Crippen LogP contribution in [0.5, 0.6) is 5.75 Å². The Labute approximate surface area is 116 Å². The zero-order valence-corrected chi connectivity index (χ0v) is 12.4. The number of halogens is 2. The van der Waals surface area contributed by atoms with Crippen molar-refractivity contribution < 1.29 is 4.74 Å². The molecule has 1 fully saturated rings. The number of nitrogens with two attached hydrogens (primary N) is 1. The summed E-state index contributed by atoms with van der Waals surface area (Å²) in [6.45, 7) is 4.33. The summed E-state index contributed by atoms with van der Waals surface area (Å²) in [5.74, 6) is 0.742. The molecule has 17 heavy (non-hydrogen) atoms. The maximum absolute atomic E-state index is 6.14. The maximum atomic E-state index is 6.14. The van der Waals surface area contributed by atoms with Crippen molar-refractivity contribution in [2.24, 2.45) is 11.1 Å². The van der Waals surface area contributed by atoms with Crippen LogP contribution in [0.3, 0.4) is 0 Å². The first-order chi connectivity index (χ1) is 7.97. The number of rotatable bonds is 3. The van der Waals surface area contributed by atoms with Gasteiger partial charge in [0.05, 0.1) is 5.02 Å². The molecule has 0 heterocycles. The first kappa shape index (κ1) is 13.2. The van der Waals surface area contributed by atoms with Gasteiger partial charge in [-0.05, 0) is 24.6 Å². The van der Waals surface area contributed by atoms with Crippen LogP contribution in [0.25, 0.3) is 0 Å². The standard InChI is InChI=1S/C13H17BrClNO/c1-3-13(2)11(16)7-12(13)17-10-5-4-8(14)6-9(10)15/h4-6,11-12H,3,7,16H2,1-2H3. The quantitative estimate of drug-likeness (QED) is 0.914. The lowest BCUT2D eigenvalue weighted by atomic mass is 9.62. The fourth-order valence-corrected chi connectivity index (χ4v) is 2.96. The molecule has 0 amide bonds. The average Bonchev–Trinajstić information content (AvgIpc) is 2.30. The second-order valence-electron chi connectivity index (χ2n) is 4.88. The van der Waals surface area contributed by atoms with Crippen LogP contribution in [-0.4, -0.2) is 12.1 Å². The third kappa shape index (κ3) is 2.33. The molecular formula is C13H17BrClNO. The Hall–Kier alpha value is -0.250. The van der Waals surface area contributed by atoms with E-state index >= 15 is 0 Å². The molecule has 2 N–H and O–H groups in total. The molecule has 0 spiro atoms. The van der Waals surface area contributed by atoms with Crippen LogP contribution in [0.4, 0.5) is 0 Å². The van der Waals surface area contributed by atoms with E-state index in [0.717, 1.165) is 23.1 Å². The highest BCUT2D eigenvalue weighted by atomic mass is 79.9. The number of hydrogen-bond acceptors (Lipinski definition) is 2. The van der Waals surface area contributed by atoms with Crippen molar-refractivity contribution >= 4 is 27.5 Å². The molecule has 0 bridgehead atoms. The van der Waals surface area contributed by atoms with E-state index in [-0.39, 0.29) is 17.6 Å². The molecule has 2 rings (SSSR count). The minimum Gasteiger partial charge on any atom is -0.488 e. The van der Waals surface area contributed by atoms with Gasteiger partial charge in [0.15, 0.2) is 0 Å². The molecule has 94 valence electrons. The van der Waals surface area contributed by atoms with Crippen LogP contribution in [0.2, 0.25) is 5.02 Å². The normalized spacial score (nSPS) is 32.1. The largest absolute Gasteiger partial charge is 0.488 e. The van der Waals surface area contributed by atoms with Crippen molar-refractivity contribution in [3.8, 4) is 5.75 Å². The molecule has 3 atom stereocenters. The summed E-state index contributed by atoms with van der Waals surface area (Å²) < 4.78 is 6.94. The zero-order valence-electron chi connectivity index (χ0n) is 10.0. The molecule has 0 saturated heterocycles. The Morgan fingerprint density at radius 3 is 2.82 bits per heavy atom. The van der Waals surface area contributed by atoms with Gasteiger partial charge in [0.1, 0.15) is 11.9 Å². The monoisotopic (exact) mass is 317 g/mol. The number of benzene rings is 1. The molecule has 0 aromatic heterocycles. The van der Waals surface area contributed by atoms with Gasteiger partial charge in [0, 0.05) is 22.4 Å². The smallest absolute Gasteiger partial charge is 0.138 e. The summed E-state index contributed by atoms with van der Waals surface area (Å²) in [6, 6.07) is 5.90. The first-order valence-corrected chi connectivity index (χ1v) is 7.01. The third-order valence-electron chi connectivity index (χ3n) is 3.98. The van der Waals surface area contributed by atoms with Gasteiger partial charge < -0.3 is 10.5 Å². The van der Waals surface area contributed by atoms with E-state index in [9.17, 15) is 0 Å². The summed E-state index contributed by atoms with van der Waals surface area (Å²) in [4.78, 5) is 0. The van der Waals surface area contributed by atoms with Gasteiger partial charge in [-0.1, -0.05) is 41.4 Å². The van der Waals surface area contributed by atoms with E-state index in [1.54, 1.807) is 0 Å². The first-order valence-electron chi connectivity index (χ1n) is 5.84. The summed E-state index contributed by atoms with van der Waals surface area (Å²) in [7, 11) is 0. The lowest BCUT2D eigenvalue weighted by molar-refractivity contribution is -0.0559. The van der Waals surface area contributed by atoms with Crippen LogP contribution in [0.1, 0.15) is 26.7 Å². The fourth-order valence-electron chi connectivity index (χ4n) is 2.24. The highest BCUT2D eigenvalue weighted by Crippen LogP contribution is 2.45. The van der Waals surface area contributed by atoms with Gasteiger partial charge in [-0.25, -0.2) is 0 Å². The topological polar surface area (TPSA) is 35.2 Å². The van der Waals surface area contributed by atoms with Crippen molar-refractivity contribution in [2.75, 3.05) is 0 Å². The summed E-state index contributed by atoms with van der Waals surface area (Å²) in [6.07, 6.45) is 2.09. The highest BCUT2D eigenvalue weighted by Gasteiger charge is 2.50. The molecule has 1 aliphatic carbocycles. The van der Waals surface area contributed by atoms with E-state index in [0.29, 0.717) is 5.02 Å². The van der Waals surface area contributed by atoms with Crippen molar-refractivity contribution in [3.63, 3.8) is 0 Å². The Kier molecular flexibility index (Phi) is 3.71. The SMILES string of the molecule is CCC1(C)C(N)CC1Oc1ccc(Br)cc1Cl. The molecular weight excluding hydrogens is 302 g/mol. The second-order valence-corrected chi connectivity index (χ2v) is 6.21. The minimum absolute atomic E-state index is 0.0659. The van der Waals surface area contributed by atoms with Gasteiger partial charge in [-0.15, -0.1) is 0 Å². The average molecular weight is 319 g/mol. The number of ether oxygens (including phenoxy) is 1. The van der Waals surface area contributed by atoms with Crippen molar-refractivity contribution in [2.45, 2.75) is 38.8 Å². The number of hydrogen-bond donors (Lipinski definition) is 1. The Morgan fingerprint density at radius 2 is 2.29 bits per heavy atom. The van der Waals surface area contributed by atoms with E-state index in [1.807, 2.05) is 18.2 Å². The molecule has 2 nitrogen and oxygen atoms in total. The predicted octanol–water partition coefficient (Wildman–Crippen LogP) is 4.00. The zero-order chi connectivity index (χ0) is 12.6. The second kappa shape index (κ2) is 4.79. The van der Waals surface area contributed by atoms with Crippen LogP contribution in [0.15, 0.2) is 22.7 Å². The van der Waals surface area contributed by atoms with Gasteiger partial charge in [0.2, 0.25) is 0 Å². The molecule has 1 aliphatic rings. The van der Waals surface area contributed by atoms with Crippen LogP contribution in [-0.2, 0) is 0 Å². The summed E-state index contributed by atoms with van der Waals surface area (Å²) in [5.41, 5.74) is 6.12. The Morgan fingerprint density at radius 1 is 1.59 bits per heavy atom. The van der Waals surface area contributed by atoms with Crippen molar-refractivity contribution in [1.29, 1.82) is 0 Å². The maximum Gasteiger partial charge on any atom is 0.138 e. The fraction of sp³-hybridized carbons (Fsp3) is 0.538. The van der Waals surface area contributed by atoms with Gasteiger partial charge in [-0.3, -0.25) is 0 Å². The predicted molar refractivity (Wildman–Crippen MR) is 74.6 cm³/mol. The lowest BCUT2D eigenvalue weighted by Gasteiger charge is -2.51. The Bertz CT molecular complexity index is 426. The van der Waals surface area contributed by atoms with Crippen LogP contribution in [0, 0.1) is 5.41 Å². The molecule has 0 aliphatic heterocycles. The van der Waals surface area contributed by atoms with E-state index < -0.39 is 0 Å². The van der Waals surface area contributed by atoms with E-state index in [1.165, 1.54) is 0 Å². The van der Waals surface area contributed by atoms with Crippen LogP contribution < -0.4 is 10.5 Å².